The molecule has 0 radical (unpaired) electrons. The summed E-state index contributed by atoms with van der Waals surface area (Å²) in [6, 6.07) is -1.68. The fourth-order valence-electron chi connectivity index (χ4n) is 1.16. The van der Waals surface area contributed by atoms with E-state index in [1.54, 1.807) is 13.8 Å². The van der Waals surface area contributed by atoms with Crippen LogP contribution in [0.1, 0.15) is 27.7 Å². The monoisotopic (exact) mass is 230 g/mol. The predicted molar refractivity (Wildman–Crippen MR) is 57.7 cm³/mol. The maximum atomic E-state index is 11.5. The van der Waals surface area contributed by atoms with E-state index < -0.39 is 24.0 Å². The Morgan fingerprint density at radius 2 is 1.56 bits per heavy atom. The van der Waals surface area contributed by atoms with Gasteiger partial charge >= 0.3 is 5.97 Å². The zero-order valence-electron chi connectivity index (χ0n) is 9.90. The van der Waals surface area contributed by atoms with Crippen LogP contribution in [-0.2, 0) is 14.4 Å². The molecule has 1 unspecified atom stereocenters. The van der Waals surface area contributed by atoms with Gasteiger partial charge in [0.15, 0.2) is 0 Å². The molecule has 0 spiro atoms. The number of carboxylic acids is 1. The molecule has 0 aliphatic rings. The molecule has 0 aromatic carbocycles. The highest BCUT2D eigenvalue weighted by Gasteiger charge is 2.25. The standard InChI is InChI=1S/C10H18N2O4/c1-5(2)8(10(15)16)12-9(14)6(3)11-7(4)13/h5-6,8H,1-4H3,(H,11,13)(H,12,14)(H,15,16)/t6?,8-/m1/s1. The van der Waals surface area contributed by atoms with Crippen LogP contribution in [0.25, 0.3) is 0 Å². The second-order valence-electron chi connectivity index (χ2n) is 3.99. The summed E-state index contributed by atoms with van der Waals surface area (Å²) in [5, 5.41) is 13.6. The van der Waals surface area contributed by atoms with Crippen molar-refractivity contribution >= 4 is 17.8 Å². The minimum absolute atomic E-state index is 0.217. The van der Waals surface area contributed by atoms with E-state index in [0.29, 0.717) is 0 Å². The molecule has 0 saturated carbocycles. The number of carboxylic acid groups (broad SMARTS) is 1. The molecular weight excluding hydrogens is 212 g/mol. The molecule has 3 N–H and O–H groups in total. The van der Waals surface area contributed by atoms with Crippen LogP contribution in [0.3, 0.4) is 0 Å². The molecule has 6 heteroatoms. The van der Waals surface area contributed by atoms with Crippen LogP contribution in [0.4, 0.5) is 0 Å². The van der Waals surface area contributed by atoms with E-state index in [9.17, 15) is 14.4 Å². The maximum absolute atomic E-state index is 11.5. The third kappa shape index (κ3) is 4.77. The Hall–Kier alpha value is -1.59. The molecule has 0 aliphatic heterocycles. The highest BCUT2D eigenvalue weighted by molar-refractivity contribution is 5.89. The third-order valence-electron chi connectivity index (χ3n) is 2.04. The first kappa shape index (κ1) is 14.4. The summed E-state index contributed by atoms with van der Waals surface area (Å²) in [7, 11) is 0. The summed E-state index contributed by atoms with van der Waals surface area (Å²) in [6.07, 6.45) is 0. The van der Waals surface area contributed by atoms with Gasteiger partial charge in [-0.15, -0.1) is 0 Å². The summed E-state index contributed by atoms with van der Waals surface area (Å²) in [5.41, 5.74) is 0. The molecule has 0 heterocycles. The van der Waals surface area contributed by atoms with Crippen molar-refractivity contribution in [1.82, 2.24) is 10.6 Å². The average molecular weight is 230 g/mol. The van der Waals surface area contributed by atoms with E-state index in [1.807, 2.05) is 0 Å². The number of nitrogens with one attached hydrogen (secondary N) is 2. The van der Waals surface area contributed by atoms with Crippen molar-refractivity contribution in [3.8, 4) is 0 Å². The van der Waals surface area contributed by atoms with E-state index in [2.05, 4.69) is 10.6 Å². The van der Waals surface area contributed by atoms with Gasteiger partial charge in [-0.05, 0) is 12.8 Å². The smallest absolute Gasteiger partial charge is 0.326 e. The van der Waals surface area contributed by atoms with Crippen LogP contribution in [-0.4, -0.2) is 35.0 Å². The topological polar surface area (TPSA) is 95.5 Å². The van der Waals surface area contributed by atoms with E-state index in [4.69, 9.17) is 5.11 Å². The van der Waals surface area contributed by atoms with E-state index in [-0.39, 0.29) is 11.8 Å². The van der Waals surface area contributed by atoms with Gasteiger partial charge in [0.1, 0.15) is 12.1 Å². The molecule has 0 bridgehead atoms. The summed E-state index contributed by atoms with van der Waals surface area (Å²) in [6.45, 7) is 6.18. The van der Waals surface area contributed by atoms with Gasteiger partial charge < -0.3 is 15.7 Å². The molecule has 2 atom stereocenters. The van der Waals surface area contributed by atoms with Gasteiger partial charge in [-0.3, -0.25) is 9.59 Å². The van der Waals surface area contributed by atoms with Crippen molar-refractivity contribution < 1.29 is 19.5 Å². The van der Waals surface area contributed by atoms with Gasteiger partial charge in [0, 0.05) is 6.92 Å². The molecule has 0 rings (SSSR count). The second-order valence-corrected chi connectivity index (χ2v) is 3.99. The number of hydrogen-bond donors (Lipinski definition) is 3. The molecule has 0 aliphatic carbocycles. The summed E-state index contributed by atoms with van der Waals surface area (Å²) in [5.74, 6) is -2.14. The number of carbonyl (C=O) groups excluding carboxylic acids is 2. The molecule has 16 heavy (non-hydrogen) atoms. The lowest BCUT2D eigenvalue weighted by Gasteiger charge is -2.20. The van der Waals surface area contributed by atoms with Crippen LogP contribution in [0.15, 0.2) is 0 Å². The highest BCUT2D eigenvalue weighted by atomic mass is 16.4. The minimum atomic E-state index is -1.08. The summed E-state index contributed by atoms with van der Waals surface area (Å²) >= 11 is 0. The van der Waals surface area contributed by atoms with Crippen molar-refractivity contribution in [1.29, 1.82) is 0 Å². The van der Waals surface area contributed by atoms with Crippen LogP contribution >= 0.6 is 0 Å². The van der Waals surface area contributed by atoms with Crippen LogP contribution in [0, 0.1) is 5.92 Å². The lowest BCUT2D eigenvalue weighted by molar-refractivity contribution is -0.143. The number of aliphatic carboxylic acids is 1. The van der Waals surface area contributed by atoms with Gasteiger partial charge in [-0.2, -0.15) is 0 Å². The van der Waals surface area contributed by atoms with E-state index in [0.717, 1.165) is 0 Å². The van der Waals surface area contributed by atoms with Gasteiger partial charge in [-0.25, -0.2) is 4.79 Å². The number of rotatable bonds is 5. The fourth-order valence-corrected chi connectivity index (χ4v) is 1.16. The molecule has 0 fully saturated rings. The first-order valence-corrected chi connectivity index (χ1v) is 5.06. The zero-order chi connectivity index (χ0) is 12.9. The maximum Gasteiger partial charge on any atom is 0.326 e. The van der Waals surface area contributed by atoms with Gasteiger partial charge in [0.25, 0.3) is 0 Å². The van der Waals surface area contributed by atoms with E-state index >= 15 is 0 Å². The first-order chi connectivity index (χ1) is 7.25. The van der Waals surface area contributed by atoms with Crippen molar-refractivity contribution in [2.24, 2.45) is 5.92 Å². The molecular formula is C10H18N2O4. The number of hydrogen-bond acceptors (Lipinski definition) is 3. The zero-order valence-corrected chi connectivity index (χ0v) is 9.90. The Kier molecular flexibility index (Phi) is 5.49. The lowest BCUT2D eigenvalue weighted by Crippen LogP contribution is -2.51. The average Bonchev–Trinajstić information content (AvgIpc) is 2.11. The highest BCUT2D eigenvalue weighted by Crippen LogP contribution is 2.02. The van der Waals surface area contributed by atoms with Gasteiger partial charge in [-0.1, -0.05) is 13.8 Å². The Bertz CT molecular complexity index is 289. The Morgan fingerprint density at radius 1 is 1.06 bits per heavy atom. The predicted octanol–water partition coefficient (Wildman–Crippen LogP) is -0.264. The Labute approximate surface area is 94.4 Å². The Morgan fingerprint density at radius 3 is 1.88 bits per heavy atom. The summed E-state index contributed by atoms with van der Waals surface area (Å²) in [4.78, 5) is 33.0. The van der Waals surface area contributed by atoms with Crippen molar-refractivity contribution in [3.63, 3.8) is 0 Å². The quantitative estimate of drug-likeness (QED) is 0.606. The second kappa shape index (κ2) is 6.09. The minimum Gasteiger partial charge on any atom is -0.480 e. The van der Waals surface area contributed by atoms with Crippen LogP contribution < -0.4 is 10.6 Å². The van der Waals surface area contributed by atoms with Crippen molar-refractivity contribution in [3.05, 3.63) is 0 Å². The molecule has 2 amide bonds. The summed E-state index contributed by atoms with van der Waals surface area (Å²) < 4.78 is 0. The van der Waals surface area contributed by atoms with E-state index in [1.165, 1.54) is 13.8 Å². The molecule has 0 saturated heterocycles. The van der Waals surface area contributed by atoms with Crippen LogP contribution in [0.2, 0.25) is 0 Å². The molecule has 0 aromatic heterocycles. The number of amides is 2. The molecule has 6 nitrogen and oxygen atoms in total. The first-order valence-electron chi connectivity index (χ1n) is 5.06. The van der Waals surface area contributed by atoms with Gasteiger partial charge in [0.2, 0.25) is 11.8 Å². The lowest BCUT2D eigenvalue weighted by atomic mass is 10.0. The number of carbonyl (C=O) groups is 3. The van der Waals surface area contributed by atoms with Gasteiger partial charge in [0.05, 0.1) is 0 Å². The molecule has 0 aromatic rings. The van der Waals surface area contributed by atoms with Crippen molar-refractivity contribution in [2.45, 2.75) is 39.8 Å². The SMILES string of the molecule is CC(=O)NC(C)C(=O)N[C@@H](C(=O)O)C(C)C. The Balaban J connectivity index is 4.40. The van der Waals surface area contributed by atoms with Crippen LogP contribution in [0.5, 0.6) is 0 Å². The fraction of sp³-hybridized carbons (Fsp3) is 0.700. The largest absolute Gasteiger partial charge is 0.480 e. The normalized spacial score (nSPS) is 14.1. The van der Waals surface area contributed by atoms with Crippen molar-refractivity contribution in [2.75, 3.05) is 0 Å². The third-order valence-corrected chi connectivity index (χ3v) is 2.04. The molecule has 92 valence electrons.